The third-order valence-electron chi connectivity index (χ3n) is 3.71. The van der Waals surface area contributed by atoms with Gasteiger partial charge in [0.2, 0.25) is 0 Å². The standard InChI is InChI=1S/C21H27I/c1-5-8-10-18(7-3)20(9-6-2)21(15-16-22)19-13-11-17(4)12-14-19/h6-7,9,11-15H,2,5,8,10,16H2,1,3-4H3/b18-7+,20-9-,21-15-. The number of hydrogen-bond acceptors (Lipinski definition) is 0. The average molecular weight is 406 g/mol. The average Bonchev–Trinajstić information content (AvgIpc) is 2.53. The molecule has 0 atom stereocenters. The van der Waals surface area contributed by atoms with E-state index in [1.54, 1.807) is 0 Å². The van der Waals surface area contributed by atoms with Crippen LogP contribution in [0.25, 0.3) is 5.57 Å². The molecule has 0 fully saturated rings. The van der Waals surface area contributed by atoms with Crippen molar-refractivity contribution in [2.24, 2.45) is 0 Å². The fourth-order valence-corrected chi connectivity index (χ4v) is 2.92. The molecule has 0 amide bonds. The molecule has 0 radical (unpaired) electrons. The minimum atomic E-state index is 1.00. The second-order valence-corrected chi connectivity index (χ2v) is 6.25. The van der Waals surface area contributed by atoms with Gasteiger partial charge in [0, 0.05) is 4.43 Å². The maximum Gasteiger partial charge on any atom is 0.0185 e. The van der Waals surface area contributed by atoms with Crippen LogP contribution in [0.15, 0.2) is 66.3 Å². The fraction of sp³-hybridized carbons (Fsp3) is 0.333. The minimum absolute atomic E-state index is 1.00. The van der Waals surface area contributed by atoms with Crippen LogP contribution < -0.4 is 0 Å². The predicted molar refractivity (Wildman–Crippen MR) is 110 cm³/mol. The van der Waals surface area contributed by atoms with Gasteiger partial charge in [-0.3, -0.25) is 0 Å². The second kappa shape index (κ2) is 10.6. The quantitative estimate of drug-likeness (QED) is 0.246. The Morgan fingerprint density at radius 3 is 2.41 bits per heavy atom. The van der Waals surface area contributed by atoms with Crippen molar-refractivity contribution in [2.75, 3.05) is 4.43 Å². The molecule has 0 saturated heterocycles. The lowest BCUT2D eigenvalue weighted by molar-refractivity contribution is 0.793. The molecule has 0 unspecified atom stereocenters. The van der Waals surface area contributed by atoms with Gasteiger partial charge < -0.3 is 0 Å². The highest BCUT2D eigenvalue weighted by molar-refractivity contribution is 14.1. The highest BCUT2D eigenvalue weighted by Crippen LogP contribution is 2.32. The van der Waals surface area contributed by atoms with Gasteiger partial charge in [-0.1, -0.05) is 96.6 Å². The van der Waals surface area contributed by atoms with Gasteiger partial charge in [0.15, 0.2) is 0 Å². The van der Waals surface area contributed by atoms with E-state index in [0.29, 0.717) is 0 Å². The molecule has 1 heteroatoms. The van der Waals surface area contributed by atoms with Crippen LogP contribution in [0.4, 0.5) is 0 Å². The molecule has 0 nitrogen and oxygen atoms in total. The topological polar surface area (TPSA) is 0 Å². The SMILES string of the molecule is C=C/C=C(C(=C/CI)\c1ccc(C)cc1)/C(=C/C)CCCC. The highest BCUT2D eigenvalue weighted by atomic mass is 127. The Balaban J connectivity index is 3.29. The zero-order chi connectivity index (χ0) is 16.4. The summed E-state index contributed by atoms with van der Waals surface area (Å²) in [5.74, 6) is 0. The molecule has 0 aliphatic heterocycles. The molecule has 0 aliphatic carbocycles. The summed E-state index contributed by atoms with van der Waals surface area (Å²) in [6, 6.07) is 8.81. The molecular formula is C21H27I. The van der Waals surface area contributed by atoms with Crippen molar-refractivity contribution in [1.82, 2.24) is 0 Å². The summed E-state index contributed by atoms with van der Waals surface area (Å²) in [7, 11) is 0. The monoisotopic (exact) mass is 406 g/mol. The van der Waals surface area contributed by atoms with E-state index in [1.165, 1.54) is 40.7 Å². The van der Waals surface area contributed by atoms with Crippen LogP contribution in [0.2, 0.25) is 0 Å². The number of unbranched alkanes of at least 4 members (excludes halogenated alkanes) is 1. The third kappa shape index (κ3) is 5.60. The van der Waals surface area contributed by atoms with E-state index in [9.17, 15) is 0 Å². The summed E-state index contributed by atoms with van der Waals surface area (Å²) >= 11 is 2.41. The van der Waals surface area contributed by atoms with E-state index in [-0.39, 0.29) is 0 Å². The summed E-state index contributed by atoms with van der Waals surface area (Å²) in [4.78, 5) is 0. The lowest BCUT2D eigenvalue weighted by Gasteiger charge is -2.16. The Morgan fingerprint density at radius 2 is 1.91 bits per heavy atom. The number of aryl methyl sites for hydroxylation is 1. The van der Waals surface area contributed by atoms with Crippen molar-refractivity contribution >= 4 is 28.2 Å². The van der Waals surface area contributed by atoms with Crippen molar-refractivity contribution in [1.29, 1.82) is 0 Å². The van der Waals surface area contributed by atoms with Crippen LogP contribution >= 0.6 is 22.6 Å². The summed E-state index contributed by atoms with van der Waals surface area (Å²) in [5, 5.41) is 0. The third-order valence-corrected chi connectivity index (χ3v) is 4.15. The first-order valence-electron chi connectivity index (χ1n) is 7.99. The summed E-state index contributed by atoms with van der Waals surface area (Å²) in [6.07, 6.45) is 12.2. The van der Waals surface area contributed by atoms with Crippen LogP contribution in [0.5, 0.6) is 0 Å². The van der Waals surface area contributed by atoms with Gasteiger partial charge >= 0.3 is 0 Å². The largest absolute Gasteiger partial charge is 0.0990 e. The molecule has 1 aromatic rings. The lowest BCUT2D eigenvalue weighted by Crippen LogP contribution is -1.96. The molecule has 0 aromatic heterocycles. The molecular weight excluding hydrogens is 379 g/mol. The number of benzene rings is 1. The molecule has 118 valence electrons. The van der Waals surface area contributed by atoms with Crippen LogP contribution in [-0.2, 0) is 0 Å². The number of alkyl halides is 1. The van der Waals surface area contributed by atoms with Crippen molar-refractivity contribution in [3.63, 3.8) is 0 Å². The maximum absolute atomic E-state index is 3.92. The first-order valence-corrected chi connectivity index (χ1v) is 9.52. The molecule has 0 saturated carbocycles. The predicted octanol–water partition coefficient (Wildman–Crippen LogP) is 7.06. The zero-order valence-corrected chi connectivity index (χ0v) is 16.2. The molecule has 0 spiro atoms. The lowest BCUT2D eigenvalue weighted by atomic mass is 9.88. The van der Waals surface area contributed by atoms with Gasteiger partial charge in [-0.2, -0.15) is 0 Å². The van der Waals surface area contributed by atoms with Gasteiger partial charge in [-0.15, -0.1) is 0 Å². The Hall–Kier alpha value is -1.09. The fourth-order valence-electron chi connectivity index (χ4n) is 2.48. The normalized spacial score (nSPS) is 13.4. The van der Waals surface area contributed by atoms with Crippen LogP contribution in [0.1, 0.15) is 44.2 Å². The molecule has 1 aromatic carbocycles. The van der Waals surface area contributed by atoms with Crippen LogP contribution in [-0.4, -0.2) is 4.43 Å². The Kier molecular flexibility index (Phi) is 9.14. The molecule has 0 heterocycles. The highest BCUT2D eigenvalue weighted by Gasteiger charge is 2.11. The van der Waals surface area contributed by atoms with E-state index in [4.69, 9.17) is 0 Å². The van der Waals surface area contributed by atoms with Crippen LogP contribution in [0, 0.1) is 6.92 Å². The van der Waals surface area contributed by atoms with Gasteiger partial charge in [-0.25, -0.2) is 0 Å². The van der Waals surface area contributed by atoms with E-state index < -0.39 is 0 Å². The number of halogens is 1. The van der Waals surface area contributed by atoms with Gasteiger partial charge in [0.1, 0.15) is 0 Å². The minimum Gasteiger partial charge on any atom is -0.0990 e. The van der Waals surface area contributed by atoms with Crippen molar-refractivity contribution in [3.05, 3.63) is 77.4 Å². The Labute approximate surface area is 149 Å². The van der Waals surface area contributed by atoms with E-state index >= 15 is 0 Å². The maximum atomic E-state index is 3.92. The molecule has 22 heavy (non-hydrogen) atoms. The van der Waals surface area contributed by atoms with Crippen molar-refractivity contribution in [3.8, 4) is 0 Å². The summed E-state index contributed by atoms with van der Waals surface area (Å²) < 4.78 is 1.00. The zero-order valence-electron chi connectivity index (χ0n) is 14.0. The Morgan fingerprint density at radius 1 is 1.23 bits per heavy atom. The van der Waals surface area contributed by atoms with Crippen molar-refractivity contribution in [2.45, 2.75) is 40.0 Å². The van der Waals surface area contributed by atoms with Crippen molar-refractivity contribution < 1.29 is 0 Å². The van der Waals surface area contributed by atoms with Gasteiger partial charge in [0.25, 0.3) is 0 Å². The summed E-state index contributed by atoms with van der Waals surface area (Å²) in [5.41, 5.74) is 6.62. The molecule has 0 N–H and O–H groups in total. The number of allylic oxidation sites excluding steroid dienone is 7. The smallest absolute Gasteiger partial charge is 0.0185 e. The second-order valence-electron chi connectivity index (χ2n) is 5.37. The van der Waals surface area contributed by atoms with Crippen LogP contribution in [0.3, 0.4) is 0 Å². The first-order chi connectivity index (χ1) is 10.7. The van der Waals surface area contributed by atoms with E-state index in [0.717, 1.165) is 10.8 Å². The molecule has 1 rings (SSSR count). The molecule has 0 aliphatic rings. The van der Waals surface area contributed by atoms with Gasteiger partial charge in [-0.05, 0) is 49.0 Å². The van der Waals surface area contributed by atoms with Gasteiger partial charge in [0.05, 0.1) is 0 Å². The first kappa shape index (κ1) is 19.0. The van der Waals surface area contributed by atoms with E-state index in [1.807, 2.05) is 6.08 Å². The van der Waals surface area contributed by atoms with E-state index in [2.05, 4.69) is 92.4 Å². The number of rotatable bonds is 8. The molecule has 0 bridgehead atoms. The number of hydrogen-bond donors (Lipinski definition) is 0. The summed E-state index contributed by atoms with van der Waals surface area (Å²) in [6.45, 7) is 10.4. The Bertz CT molecular complexity index is 556.